The molecule has 4 rings (SSSR count). The molecule has 0 bridgehead atoms. The van der Waals surface area contributed by atoms with Gasteiger partial charge in [0.15, 0.2) is 0 Å². The van der Waals surface area contributed by atoms with Crippen LogP contribution in [0.5, 0.6) is 0 Å². The summed E-state index contributed by atoms with van der Waals surface area (Å²) in [5.74, 6) is 0.0395. The van der Waals surface area contributed by atoms with Gasteiger partial charge in [0.05, 0.1) is 5.92 Å². The van der Waals surface area contributed by atoms with E-state index in [4.69, 9.17) is 0 Å². The lowest BCUT2D eigenvalue weighted by molar-refractivity contribution is -0.120. The van der Waals surface area contributed by atoms with Crippen LogP contribution in [0.15, 0.2) is 48.8 Å². The van der Waals surface area contributed by atoms with E-state index in [0.717, 1.165) is 35.3 Å². The number of piperidine rings is 1. The number of hydrogen-bond acceptors (Lipinski definition) is 5. The van der Waals surface area contributed by atoms with Crippen LogP contribution in [-0.4, -0.2) is 33.8 Å². The third-order valence-electron chi connectivity index (χ3n) is 4.61. The maximum atomic E-state index is 12.6. The molecular weight excluding hydrogens is 346 g/mol. The first kappa shape index (κ1) is 16.8. The van der Waals surface area contributed by atoms with Crippen LogP contribution in [0.2, 0.25) is 0 Å². The molecule has 6 nitrogen and oxygen atoms in total. The summed E-state index contributed by atoms with van der Waals surface area (Å²) in [6.45, 7) is 3.63. The third-order valence-corrected chi connectivity index (χ3v) is 5.61. The maximum absolute atomic E-state index is 12.6. The van der Waals surface area contributed by atoms with E-state index in [0.29, 0.717) is 6.54 Å². The Hall–Kier alpha value is -2.67. The van der Waals surface area contributed by atoms with E-state index in [1.807, 2.05) is 60.3 Å². The van der Waals surface area contributed by atoms with Gasteiger partial charge in [-0.3, -0.25) is 9.36 Å². The fourth-order valence-electron chi connectivity index (χ4n) is 3.15. The minimum atomic E-state index is -0.0380. The minimum Gasteiger partial charge on any atom is -0.346 e. The predicted octanol–water partition coefficient (Wildman–Crippen LogP) is 3.49. The molecule has 0 radical (unpaired) electrons. The molecule has 7 heteroatoms. The molecule has 1 saturated heterocycles. The molecule has 1 aliphatic rings. The molecule has 1 aliphatic heterocycles. The van der Waals surface area contributed by atoms with Gasteiger partial charge < -0.3 is 10.2 Å². The average Bonchev–Trinajstić information content (AvgIpc) is 3.35. The Bertz CT molecular complexity index is 872. The summed E-state index contributed by atoms with van der Waals surface area (Å²) in [5.41, 5.74) is 2.03. The van der Waals surface area contributed by atoms with Crippen molar-refractivity contribution in [2.45, 2.75) is 19.8 Å². The summed E-state index contributed by atoms with van der Waals surface area (Å²) in [5, 5.41) is 13.4. The number of benzene rings is 1. The molecule has 134 valence electrons. The molecule has 0 spiro atoms. The average molecular weight is 367 g/mol. The normalized spacial score (nSPS) is 17.3. The van der Waals surface area contributed by atoms with Crippen molar-refractivity contribution in [1.82, 2.24) is 14.8 Å². The van der Waals surface area contributed by atoms with Crippen molar-refractivity contribution in [3.8, 4) is 5.13 Å². The quantitative estimate of drug-likeness (QED) is 0.767. The molecule has 0 saturated carbocycles. The minimum absolute atomic E-state index is 0.0380. The number of amides is 1. The predicted molar refractivity (Wildman–Crippen MR) is 104 cm³/mol. The Morgan fingerprint density at radius 3 is 2.65 bits per heavy atom. The second-order valence-corrected chi connectivity index (χ2v) is 7.53. The van der Waals surface area contributed by atoms with Gasteiger partial charge in [-0.2, -0.15) is 0 Å². The lowest BCUT2D eigenvalue weighted by Gasteiger charge is -2.31. The Morgan fingerprint density at radius 2 is 1.88 bits per heavy atom. The fourth-order valence-corrected chi connectivity index (χ4v) is 4.00. The molecule has 1 atom stereocenters. The largest absolute Gasteiger partial charge is 0.346 e. The lowest BCUT2D eigenvalue weighted by Crippen LogP contribution is -2.40. The Kier molecular flexibility index (Phi) is 4.71. The zero-order valence-corrected chi connectivity index (χ0v) is 15.4. The number of rotatable bonds is 4. The molecule has 1 fully saturated rings. The first-order valence-corrected chi connectivity index (χ1v) is 9.60. The molecule has 1 amide bonds. The second-order valence-electron chi connectivity index (χ2n) is 6.60. The summed E-state index contributed by atoms with van der Waals surface area (Å²) in [7, 11) is 0. The molecule has 3 aromatic rings. The van der Waals surface area contributed by atoms with Crippen LogP contribution in [0.4, 0.5) is 10.8 Å². The number of hydrogen-bond donors (Lipinski definition) is 1. The van der Waals surface area contributed by atoms with Gasteiger partial charge in [-0.1, -0.05) is 29.0 Å². The molecule has 2 aromatic heterocycles. The highest BCUT2D eigenvalue weighted by atomic mass is 32.1. The number of nitrogens with zero attached hydrogens (tertiary/aromatic N) is 4. The van der Waals surface area contributed by atoms with E-state index in [1.165, 1.54) is 5.56 Å². The van der Waals surface area contributed by atoms with Crippen molar-refractivity contribution in [3.63, 3.8) is 0 Å². The highest BCUT2D eigenvalue weighted by Gasteiger charge is 2.27. The van der Waals surface area contributed by atoms with Gasteiger partial charge in [0, 0.05) is 31.2 Å². The molecule has 0 aliphatic carbocycles. The van der Waals surface area contributed by atoms with Gasteiger partial charge in [0.2, 0.25) is 16.2 Å². The van der Waals surface area contributed by atoms with Crippen LogP contribution >= 0.6 is 11.3 Å². The molecule has 3 heterocycles. The number of nitrogens with one attached hydrogen (secondary N) is 1. The van der Waals surface area contributed by atoms with Crippen molar-refractivity contribution in [2.75, 3.05) is 23.3 Å². The topological polar surface area (TPSA) is 63.1 Å². The van der Waals surface area contributed by atoms with E-state index in [1.54, 1.807) is 11.3 Å². The summed E-state index contributed by atoms with van der Waals surface area (Å²) in [6, 6.07) is 11.8. The third kappa shape index (κ3) is 3.62. The van der Waals surface area contributed by atoms with Gasteiger partial charge in [-0.05, 0) is 44.0 Å². The highest BCUT2D eigenvalue weighted by molar-refractivity contribution is 7.17. The van der Waals surface area contributed by atoms with Crippen LogP contribution < -0.4 is 10.2 Å². The summed E-state index contributed by atoms with van der Waals surface area (Å²) in [4.78, 5) is 14.8. The summed E-state index contributed by atoms with van der Waals surface area (Å²) >= 11 is 1.55. The SMILES string of the molecule is Cc1ccc(NC(=O)[C@H]2CCCN(c3nnc(-n4cccc4)s3)C2)cc1. The monoisotopic (exact) mass is 367 g/mol. The molecule has 26 heavy (non-hydrogen) atoms. The molecule has 1 aromatic carbocycles. The maximum Gasteiger partial charge on any atom is 0.229 e. The van der Waals surface area contributed by atoms with Gasteiger partial charge >= 0.3 is 0 Å². The molecule has 1 N–H and O–H groups in total. The fraction of sp³-hybridized carbons (Fsp3) is 0.316. The zero-order chi connectivity index (χ0) is 17.9. The number of aromatic nitrogens is 3. The number of aryl methyl sites for hydroxylation is 1. The van der Waals surface area contributed by atoms with Crippen molar-refractivity contribution >= 4 is 28.1 Å². The highest BCUT2D eigenvalue weighted by Crippen LogP contribution is 2.28. The summed E-state index contributed by atoms with van der Waals surface area (Å²) < 4.78 is 1.95. The Balaban J connectivity index is 1.42. The smallest absolute Gasteiger partial charge is 0.229 e. The zero-order valence-electron chi connectivity index (χ0n) is 14.6. The van der Waals surface area contributed by atoms with Crippen molar-refractivity contribution in [2.24, 2.45) is 5.92 Å². The Morgan fingerprint density at radius 1 is 1.15 bits per heavy atom. The Labute approximate surface area is 156 Å². The number of anilines is 2. The summed E-state index contributed by atoms with van der Waals surface area (Å²) in [6.07, 6.45) is 5.79. The van der Waals surface area contributed by atoms with E-state index < -0.39 is 0 Å². The standard InChI is InChI=1S/C19H21N5OS/c1-14-6-8-16(9-7-14)20-17(25)15-5-4-12-24(13-15)19-22-21-18(26-19)23-10-2-3-11-23/h2-3,6-11,15H,4-5,12-13H2,1H3,(H,20,25)/t15-/m0/s1. The molecular formula is C19H21N5OS. The van der Waals surface area contributed by atoms with Gasteiger partial charge in [0.1, 0.15) is 0 Å². The van der Waals surface area contributed by atoms with E-state index >= 15 is 0 Å². The first-order chi connectivity index (χ1) is 12.7. The van der Waals surface area contributed by atoms with Crippen molar-refractivity contribution in [1.29, 1.82) is 0 Å². The van der Waals surface area contributed by atoms with Crippen LogP contribution in [-0.2, 0) is 4.79 Å². The van der Waals surface area contributed by atoms with E-state index in [9.17, 15) is 4.79 Å². The van der Waals surface area contributed by atoms with Gasteiger partial charge in [-0.25, -0.2) is 0 Å². The van der Waals surface area contributed by atoms with Crippen molar-refractivity contribution < 1.29 is 4.79 Å². The van der Waals surface area contributed by atoms with Crippen LogP contribution in [0.3, 0.4) is 0 Å². The van der Waals surface area contributed by atoms with Gasteiger partial charge in [0.25, 0.3) is 0 Å². The first-order valence-electron chi connectivity index (χ1n) is 8.78. The van der Waals surface area contributed by atoms with Crippen LogP contribution in [0.1, 0.15) is 18.4 Å². The van der Waals surface area contributed by atoms with Crippen LogP contribution in [0, 0.1) is 12.8 Å². The number of carbonyl (C=O) groups excluding carboxylic acids is 1. The van der Waals surface area contributed by atoms with Crippen molar-refractivity contribution in [3.05, 3.63) is 54.4 Å². The van der Waals surface area contributed by atoms with Gasteiger partial charge in [-0.15, -0.1) is 10.2 Å². The van der Waals surface area contributed by atoms with E-state index in [2.05, 4.69) is 20.4 Å². The van der Waals surface area contributed by atoms with Crippen LogP contribution in [0.25, 0.3) is 5.13 Å². The molecule has 0 unspecified atom stereocenters. The van der Waals surface area contributed by atoms with E-state index in [-0.39, 0.29) is 11.8 Å². The lowest BCUT2D eigenvalue weighted by atomic mass is 9.97. The second kappa shape index (κ2) is 7.29. The number of carbonyl (C=O) groups is 1.